The summed E-state index contributed by atoms with van der Waals surface area (Å²) >= 11 is 2.70. The van der Waals surface area contributed by atoms with Gasteiger partial charge in [0.2, 0.25) is 0 Å². The Labute approximate surface area is 187 Å². The summed E-state index contributed by atoms with van der Waals surface area (Å²) in [7, 11) is -3.42. The molecule has 3 aromatic heterocycles. The Morgan fingerprint density at radius 1 is 1.00 bits per heavy atom. The number of nitrogens with zero attached hydrogens (tertiary/aromatic N) is 3. The molecule has 7 nitrogen and oxygen atoms in total. The summed E-state index contributed by atoms with van der Waals surface area (Å²) < 4.78 is 27.3. The van der Waals surface area contributed by atoms with Crippen molar-refractivity contribution >= 4 is 42.9 Å². The van der Waals surface area contributed by atoms with E-state index in [0.717, 1.165) is 16.0 Å². The van der Waals surface area contributed by atoms with E-state index in [4.69, 9.17) is 0 Å². The van der Waals surface area contributed by atoms with E-state index in [1.807, 2.05) is 35.7 Å². The molecule has 0 amide bonds. The van der Waals surface area contributed by atoms with Crippen molar-refractivity contribution in [2.75, 3.05) is 26.2 Å². The number of benzene rings is 1. The van der Waals surface area contributed by atoms with E-state index in [9.17, 15) is 13.2 Å². The Morgan fingerprint density at radius 2 is 1.77 bits per heavy atom. The number of sulfonamides is 1. The van der Waals surface area contributed by atoms with E-state index in [-0.39, 0.29) is 5.56 Å². The summed E-state index contributed by atoms with van der Waals surface area (Å²) in [6.45, 7) is 2.50. The van der Waals surface area contributed by atoms with E-state index >= 15 is 0 Å². The standard InChI is InChI=1S/C21H20N4O3S3/c26-20-19-16(15-5-2-1-3-6-15)14-30-21(19)23-17(22-20)13-24-8-10-25(11-9-24)31(27,28)18-7-4-12-29-18/h1-7,12,14H,8-11,13H2,(H,22,23,26). The van der Waals surface area contributed by atoms with Crippen molar-refractivity contribution in [1.82, 2.24) is 19.2 Å². The molecule has 0 radical (unpaired) electrons. The van der Waals surface area contributed by atoms with Crippen LogP contribution in [0.4, 0.5) is 0 Å². The average Bonchev–Trinajstić information content (AvgIpc) is 3.46. The molecule has 4 heterocycles. The van der Waals surface area contributed by atoms with Crippen molar-refractivity contribution in [3.63, 3.8) is 0 Å². The largest absolute Gasteiger partial charge is 0.309 e. The molecular formula is C21H20N4O3S3. The minimum Gasteiger partial charge on any atom is -0.309 e. The number of fused-ring (bicyclic) bond motifs is 1. The third-order valence-electron chi connectivity index (χ3n) is 5.37. The first-order valence-corrected chi connectivity index (χ1v) is 13.0. The number of piperazine rings is 1. The Balaban J connectivity index is 1.31. The SMILES string of the molecule is O=c1[nH]c(CN2CCN(S(=O)(=O)c3cccs3)CC2)nc2scc(-c3ccccc3)c12. The number of aromatic nitrogens is 2. The molecule has 1 aromatic carbocycles. The fraction of sp³-hybridized carbons (Fsp3) is 0.238. The van der Waals surface area contributed by atoms with Crippen LogP contribution in [-0.4, -0.2) is 53.8 Å². The first-order chi connectivity index (χ1) is 15.0. The fourth-order valence-electron chi connectivity index (χ4n) is 3.78. The molecule has 0 spiro atoms. The highest BCUT2D eigenvalue weighted by atomic mass is 32.2. The number of thiophene rings is 2. The van der Waals surface area contributed by atoms with E-state index < -0.39 is 10.0 Å². The van der Waals surface area contributed by atoms with Gasteiger partial charge in [-0.05, 0) is 17.0 Å². The molecule has 5 rings (SSSR count). The number of aromatic amines is 1. The molecule has 0 atom stereocenters. The normalized spacial score (nSPS) is 16.1. The summed E-state index contributed by atoms with van der Waals surface area (Å²) in [5, 5.41) is 4.36. The minimum absolute atomic E-state index is 0.140. The second-order valence-electron chi connectivity index (χ2n) is 7.32. The van der Waals surface area contributed by atoms with E-state index in [0.29, 0.717) is 48.1 Å². The Hall–Kier alpha value is -2.37. The third kappa shape index (κ3) is 3.97. The lowest BCUT2D eigenvalue weighted by molar-refractivity contribution is 0.178. The van der Waals surface area contributed by atoms with Crippen LogP contribution in [-0.2, 0) is 16.6 Å². The molecule has 0 aliphatic carbocycles. The molecule has 160 valence electrons. The van der Waals surface area contributed by atoms with Crippen LogP contribution in [0.25, 0.3) is 21.3 Å². The highest BCUT2D eigenvalue weighted by Crippen LogP contribution is 2.30. The van der Waals surface area contributed by atoms with Gasteiger partial charge < -0.3 is 4.98 Å². The van der Waals surface area contributed by atoms with Crippen LogP contribution >= 0.6 is 22.7 Å². The summed E-state index contributed by atoms with van der Waals surface area (Å²) in [6, 6.07) is 13.2. The van der Waals surface area contributed by atoms with E-state index in [1.54, 1.807) is 17.5 Å². The van der Waals surface area contributed by atoms with Gasteiger partial charge in [0.1, 0.15) is 14.9 Å². The Morgan fingerprint density at radius 3 is 2.48 bits per heavy atom. The maximum atomic E-state index is 12.8. The number of nitrogens with one attached hydrogen (secondary N) is 1. The Kier molecular flexibility index (Phi) is 5.49. The maximum absolute atomic E-state index is 12.8. The first-order valence-electron chi connectivity index (χ1n) is 9.84. The molecule has 1 saturated heterocycles. The van der Waals surface area contributed by atoms with Gasteiger partial charge >= 0.3 is 0 Å². The highest BCUT2D eigenvalue weighted by Gasteiger charge is 2.29. The summed E-state index contributed by atoms with van der Waals surface area (Å²) in [6.07, 6.45) is 0. The van der Waals surface area contributed by atoms with Crippen molar-refractivity contribution in [3.8, 4) is 11.1 Å². The zero-order valence-electron chi connectivity index (χ0n) is 16.5. The van der Waals surface area contributed by atoms with Crippen molar-refractivity contribution in [3.05, 3.63) is 69.4 Å². The van der Waals surface area contributed by atoms with E-state index in [1.165, 1.54) is 27.0 Å². The van der Waals surface area contributed by atoms with Crippen LogP contribution in [0.1, 0.15) is 5.82 Å². The maximum Gasteiger partial charge on any atom is 0.260 e. The number of hydrogen-bond donors (Lipinski definition) is 1. The van der Waals surface area contributed by atoms with Crippen LogP contribution in [0.3, 0.4) is 0 Å². The van der Waals surface area contributed by atoms with E-state index in [2.05, 4.69) is 14.9 Å². The lowest BCUT2D eigenvalue weighted by Crippen LogP contribution is -2.48. The van der Waals surface area contributed by atoms with Gasteiger partial charge in [-0.25, -0.2) is 13.4 Å². The van der Waals surface area contributed by atoms with Gasteiger partial charge in [0, 0.05) is 37.1 Å². The first kappa shape index (κ1) is 20.5. The molecule has 0 bridgehead atoms. The highest BCUT2D eigenvalue weighted by molar-refractivity contribution is 7.91. The summed E-state index contributed by atoms with van der Waals surface area (Å²) in [5.74, 6) is 0.605. The lowest BCUT2D eigenvalue weighted by Gasteiger charge is -2.33. The predicted molar refractivity (Wildman–Crippen MR) is 124 cm³/mol. The average molecular weight is 473 g/mol. The van der Waals surface area contributed by atoms with Crippen LogP contribution in [0, 0.1) is 0 Å². The molecule has 4 aromatic rings. The molecule has 1 fully saturated rings. The zero-order chi connectivity index (χ0) is 21.4. The van der Waals surface area contributed by atoms with Crippen molar-refractivity contribution in [2.24, 2.45) is 0 Å². The van der Waals surface area contributed by atoms with Gasteiger partial charge in [-0.3, -0.25) is 9.69 Å². The molecule has 0 saturated carbocycles. The second kappa shape index (κ2) is 8.29. The van der Waals surface area contributed by atoms with Gasteiger partial charge in [-0.2, -0.15) is 4.31 Å². The molecule has 31 heavy (non-hydrogen) atoms. The van der Waals surface area contributed by atoms with Gasteiger partial charge in [0.05, 0.1) is 11.9 Å². The summed E-state index contributed by atoms with van der Waals surface area (Å²) in [4.78, 5) is 23.3. The summed E-state index contributed by atoms with van der Waals surface area (Å²) in [5.41, 5.74) is 1.75. The quantitative estimate of drug-likeness (QED) is 0.482. The van der Waals surface area contributed by atoms with Gasteiger partial charge in [-0.1, -0.05) is 36.4 Å². The van der Waals surface area contributed by atoms with Crippen LogP contribution in [0.5, 0.6) is 0 Å². The molecule has 10 heteroatoms. The Bertz CT molecular complexity index is 1350. The minimum atomic E-state index is -3.42. The molecule has 1 aliphatic heterocycles. The predicted octanol–water partition coefficient (Wildman–Crippen LogP) is 3.22. The smallest absolute Gasteiger partial charge is 0.260 e. The number of hydrogen-bond acceptors (Lipinski definition) is 7. The molecule has 0 unspecified atom stereocenters. The van der Waals surface area contributed by atoms with Crippen molar-refractivity contribution in [2.45, 2.75) is 10.8 Å². The van der Waals surface area contributed by atoms with Crippen molar-refractivity contribution in [1.29, 1.82) is 0 Å². The monoisotopic (exact) mass is 472 g/mol. The van der Waals surface area contributed by atoms with Gasteiger partial charge in [-0.15, -0.1) is 22.7 Å². The number of rotatable bonds is 5. The van der Waals surface area contributed by atoms with Gasteiger partial charge in [0.15, 0.2) is 0 Å². The third-order valence-corrected chi connectivity index (χ3v) is 9.52. The second-order valence-corrected chi connectivity index (χ2v) is 11.3. The van der Waals surface area contributed by atoms with Crippen LogP contribution in [0.2, 0.25) is 0 Å². The van der Waals surface area contributed by atoms with Crippen LogP contribution < -0.4 is 5.56 Å². The lowest BCUT2D eigenvalue weighted by atomic mass is 10.1. The molecule has 1 aliphatic rings. The zero-order valence-corrected chi connectivity index (χ0v) is 19.0. The molecule has 1 N–H and O–H groups in total. The fourth-order valence-corrected chi connectivity index (χ4v) is 7.31. The number of H-pyrrole nitrogens is 1. The van der Waals surface area contributed by atoms with Crippen LogP contribution in [0.15, 0.2) is 62.2 Å². The topological polar surface area (TPSA) is 86.4 Å². The van der Waals surface area contributed by atoms with Crippen molar-refractivity contribution < 1.29 is 8.42 Å². The molecular weight excluding hydrogens is 452 g/mol. The van der Waals surface area contributed by atoms with Gasteiger partial charge in [0.25, 0.3) is 15.6 Å².